The van der Waals surface area contributed by atoms with Crippen LogP contribution in [0.4, 0.5) is 0 Å². The summed E-state index contributed by atoms with van der Waals surface area (Å²) < 4.78 is 5.10. The van der Waals surface area contributed by atoms with Crippen LogP contribution >= 0.6 is 9.24 Å². The first-order valence-electron chi connectivity index (χ1n) is 3.15. The molecular weight excluding hydrogens is 143 g/mol. The van der Waals surface area contributed by atoms with Gasteiger partial charge in [-0.15, -0.1) is 9.24 Å². The molecule has 0 saturated carbocycles. The van der Waals surface area contributed by atoms with Crippen molar-refractivity contribution in [1.82, 2.24) is 0 Å². The maximum Gasteiger partial charge on any atom is 0.126 e. The van der Waals surface area contributed by atoms with Crippen LogP contribution in [0.3, 0.4) is 0 Å². The largest absolute Gasteiger partial charge is 0.496 e. The smallest absolute Gasteiger partial charge is 0.126 e. The highest BCUT2D eigenvalue weighted by atomic mass is 31.0. The van der Waals surface area contributed by atoms with Crippen LogP contribution < -0.4 is 10.0 Å². The van der Waals surface area contributed by atoms with Gasteiger partial charge in [0.2, 0.25) is 0 Å². The van der Waals surface area contributed by atoms with Gasteiger partial charge in [0.1, 0.15) is 5.75 Å². The Bertz CT molecular complexity index is 233. The lowest BCUT2D eigenvalue weighted by molar-refractivity contribution is 0.418. The van der Waals surface area contributed by atoms with Gasteiger partial charge in [0.15, 0.2) is 0 Å². The number of rotatable bonds is 1. The molecule has 0 aromatic heterocycles. The zero-order chi connectivity index (χ0) is 7.56. The molecule has 0 fully saturated rings. The van der Waals surface area contributed by atoms with E-state index in [-0.39, 0.29) is 0 Å². The van der Waals surface area contributed by atoms with Crippen molar-refractivity contribution in [2.75, 3.05) is 7.11 Å². The van der Waals surface area contributed by atoms with Gasteiger partial charge >= 0.3 is 0 Å². The highest BCUT2D eigenvalue weighted by molar-refractivity contribution is 7.28. The van der Waals surface area contributed by atoms with Crippen LogP contribution in [0.5, 0.6) is 5.75 Å². The van der Waals surface area contributed by atoms with Gasteiger partial charge in [-0.05, 0) is 18.6 Å². The Hall–Kier alpha value is -0.550. The molecule has 0 heterocycles. The Morgan fingerprint density at radius 3 is 2.60 bits per heavy atom. The van der Waals surface area contributed by atoms with Crippen LogP contribution in [0.2, 0.25) is 0 Å². The molecule has 0 aliphatic carbocycles. The molecule has 0 saturated heterocycles. The van der Waals surface area contributed by atoms with Gasteiger partial charge in [-0.1, -0.05) is 12.1 Å². The van der Waals surface area contributed by atoms with Gasteiger partial charge in [0.25, 0.3) is 0 Å². The van der Waals surface area contributed by atoms with Gasteiger partial charge in [-0.2, -0.15) is 0 Å². The van der Waals surface area contributed by atoms with Crippen LogP contribution in [0, 0.1) is 6.92 Å². The van der Waals surface area contributed by atoms with E-state index in [0.29, 0.717) is 0 Å². The summed E-state index contributed by atoms with van der Waals surface area (Å²) in [6.07, 6.45) is 0. The number of ether oxygens (including phenoxy) is 1. The maximum atomic E-state index is 5.10. The average molecular weight is 154 g/mol. The standard InChI is InChI=1S/C8H11OP/c1-6-4-3-5-7(9-2)8(6)10/h3-5H,10H2,1-2H3. The molecule has 10 heavy (non-hydrogen) atoms. The molecule has 1 atom stereocenters. The molecule has 0 aliphatic rings. The van der Waals surface area contributed by atoms with E-state index in [9.17, 15) is 0 Å². The van der Waals surface area contributed by atoms with Crippen molar-refractivity contribution in [2.45, 2.75) is 6.92 Å². The molecule has 0 bridgehead atoms. The number of aryl methyl sites for hydroxylation is 1. The second-order valence-corrected chi connectivity index (χ2v) is 2.77. The fourth-order valence-electron chi connectivity index (χ4n) is 0.832. The predicted octanol–water partition coefficient (Wildman–Crippen LogP) is 1.50. The highest BCUT2D eigenvalue weighted by Crippen LogP contribution is 2.12. The van der Waals surface area contributed by atoms with Crippen molar-refractivity contribution >= 4 is 14.5 Å². The number of hydrogen-bond acceptors (Lipinski definition) is 1. The normalized spacial score (nSPS) is 9.50. The van der Waals surface area contributed by atoms with Crippen molar-refractivity contribution in [3.63, 3.8) is 0 Å². The van der Waals surface area contributed by atoms with E-state index in [4.69, 9.17) is 4.74 Å². The third-order valence-corrected chi connectivity index (χ3v) is 2.24. The van der Waals surface area contributed by atoms with Crippen molar-refractivity contribution in [1.29, 1.82) is 0 Å². The minimum atomic E-state index is 0.935. The van der Waals surface area contributed by atoms with E-state index in [1.165, 1.54) is 5.56 Å². The molecule has 1 aromatic rings. The Morgan fingerprint density at radius 2 is 2.10 bits per heavy atom. The van der Waals surface area contributed by atoms with Gasteiger partial charge in [-0.3, -0.25) is 0 Å². The summed E-state index contributed by atoms with van der Waals surface area (Å²) in [6, 6.07) is 6.00. The molecule has 1 aromatic carbocycles. The van der Waals surface area contributed by atoms with Gasteiger partial charge in [0, 0.05) is 5.30 Å². The summed E-state index contributed by atoms with van der Waals surface area (Å²) in [4.78, 5) is 0. The molecule has 0 N–H and O–H groups in total. The molecule has 54 valence electrons. The quantitative estimate of drug-likeness (QED) is 0.557. The van der Waals surface area contributed by atoms with Crippen LogP contribution in [-0.2, 0) is 0 Å². The van der Waals surface area contributed by atoms with Crippen LogP contribution in [0.25, 0.3) is 0 Å². The number of hydrogen-bond donors (Lipinski definition) is 0. The lowest BCUT2D eigenvalue weighted by Gasteiger charge is -2.04. The summed E-state index contributed by atoms with van der Waals surface area (Å²) in [6.45, 7) is 2.06. The zero-order valence-electron chi connectivity index (χ0n) is 6.22. The number of methoxy groups -OCH3 is 1. The summed E-state index contributed by atoms with van der Waals surface area (Å²) in [5.74, 6) is 0.935. The molecule has 0 amide bonds. The first-order valence-corrected chi connectivity index (χ1v) is 3.72. The van der Waals surface area contributed by atoms with E-state index in [2.05, 4.69) is 22.2 Å². The molecule has 1 nitrogen and oxygen atoms in total. The van der Waals surface area contributed by atoms with E-state index < -0.39 is 0 Å². The Kier molecular flexibility index (Phi) is 2.29. The average Bonchev–Trinajstić information content (AvgIpc) is 1.95. The van der Waals surface area contributed by atoms with Crippen molar-refractivity contribution in [3.05, 3.63) is 23.8 Å². The lowest BCUT2D eigenvalue weighted by atomic mass is 10.2. The molecule has 0 aliphatic heterocycles. The monoisotopic (exact) mass is 154 g/mol. The Morgan fingerprint density at radius 1 is 1.40 bits per heavy atom. The minimum absolute atomic E-state index is 0.935. The fourth-order valence-corrected chi connectivity index (χ4v) is 1.14. The number of benzene rings is 1. The summed E-state index contributed by atoms with van der Waals surface area (Å²) >= 11 is 0. The second-order valence-electron chi connectivity index (χ2n) is 2.19. The van der Waals surface area contributed by atoms with Crippen molar-refractivity contribution in [2.24, 2.45) is 0 Å². The molecule has 0 spiro atoms. The van der Waals surface area contributed by atoms with Crippen molar-refractivity contribution in [3.8, 4) is 5.75 Å². The third-order valence-electron chi connectivity index (χ3n) is 1.50. The topological polar surface area (TPSA) is 9.23 Å². The summed E-state index contributed by atoms with van der Waals surface area (Å²) in [7, 11) is 4.35. The van der Waals surface area contributed by atoms with Gasteiger partial charge in [0.05, 0.1) is 7.11 Å². The fraction of sp³-hybridized carbons (Fsp3) is 0.250. The predicted molar refractivity (Wildman–Crippen MR) is 47.1 cm³/mol. The van der Waals surface area contributed by atoms with E-state index >= 15 is 0 Å². The molecule has 1 rings (SSSR count). The first kappa shape index (κ1) is 7.56. The minimum Gasteiger partial charge on any atom is -0.496 e. The van der Waals surface area contributed by atoms with Crippen LogP contribution in [0.1, 0.15) is 5.56 Å². The zero-order valence-corrected chi connectivity index (χ0v) is 7.37. The first-order chi connectivity index (χ1) is 4.75. The SMILES string of the molecule is COc1cccc(C)c1P. The van der Waals surface area contributed by atoms with Crippen molar-refractivity contribution < 1.29 is 4.74 Å². The van der Waals surface area contributed by atoms with Gasteiger partial charge < -0.3 is 4.74 Å². The Balaban J connectivity index is 3.14. The molecule has 0 radical (unpaired) electrons. The highest BCUT2D eigenvalue weighted by Gasteiger charge is 1.97. The van der Waals surface area contributed by atoms with E-state index in [1.54, 1.807) is 7.11 Å². The second kappa shape index (κ2) is 3.03. The lowest BCUT2D eigenvalue weighted by Crippen LogP contribution is -2.01. The summed E-state index contributed by atoms with van der Waals surface area (Å²) in [5.41, 5.74) is 1.24. The van der Waals surface area contributed by atoms with Gasteiger partial charge in [-0.25, -0.2) is 0 Å². The van der Waals surface area contributed by atoms with Crippen LogP contribution in [0.15, 0.2) is 18.2 Å². The molecular formula is C8H11OP. The summed E-state index contributed by atoms with van der Waals surface area (Å²) in [5, 5.41) is 1.14. The third kappa shape index (κ3) is 1.30. The molecule has 1 unspecified atom stereocenters. The van der Waals surface area contributed by atoms with E-state index in [1.807, 2.05) is 12.1 Å². The van der Waals surface area contributed by atoms with E-state index in [0.717, 1.165) is 11.1 Å². The Labute approximate surface area is 63.6 Å². The maximum absolute atomic E-state index is 5.10. The molecule has 2 heteroatoms. The van der Waals surface area contributed by atoms with Crippen LogP contribution in [-0.4, -0.2) is 7.11 Å².